The molecule has 1 aromatic rings. The van der Waals surface area contributed by atoms with Gasteiger partial charge in [0.2, 0.25) is 0 Å². The molecule has 0 saturated heterocycles. The molecule has 0 bridgehead atoms. The van der Waals surface area contributed by atoms with E-state index in [9.17, 15) is 9.59 Å². The maximum absolute atomic E-state index is 10.9. The molecule has 70 valence electrons. The van der Waals surface area contributed by atoms with E-state index >= 15 is 0 Å². The van der Waals surface area contributed by atoms with Crippen molar-refractivity contribution in [3.63, 3.8) is 0 Å². The molecule has 0 aliphatic heterocycles. The van der Waals surface area contributed by atoms with Gasteiger partial charge in [0.25, 0.3) is 5.24 Å². The summed E-state index contributed by atoms with van der Waals surface area (Å²) in [6.45, 7) is 1.65. The van der Waals surface area contributed by atoms with Gasteiger partial charge in [0.1, 0.15) is 0 Å². The minimum Gasteiger partial charge on any atom is -0.298 e. The Bertz CT molecular complexity index is 446. The lowest BCUT2D eigenvalue weighted by molar-refractivity contribution is 0.106. The van der Waals surface area contributed by atoms with Crippen molar-refractivity contribution < 1.29 is 9.59 Å². The van der Waals surface area contributed by atoms with Crippen LogP contribution in [0.5, 0.6) is 0 Å². The molecule has 0 heterocycles. The topological polar surface area (TPSA) is 57.9 Å². The van der Waals surface area contributed by atoms with Gasteiger partial charge in [-0.05, 0) is 36.2 Å². The lowest BCUT2D eigenvalue weighted by atomic mass is 10.0. The number of nitrogens with zero attached hydrogens (tertiary/aromatic N) is 1. The van der Waals surface area contributed by atoms with Crippen LogP contribution in [0.1, 0.15) is 31.8 Å². The lowest BCUT2D eigenvalue weighted by Gasteiger charge is -2.03. The molecule has 3 nitrogen and oxygen atoms in total. The molecule has 1 aromatic carbocycles. The van der Waals surface area contributed by atoms with Crippen molar-refractivity contribution in [2.45, 2.75) is 6.92 Å². The lowest BCUT2D eigenvalue weighted by Crippen LogP contribution is -2.00. The molecule has 0 fully saturated rings. The summed E-state index contributed by atoms with van der Waals surface area (Å²) in [4.78, 5) is 21.6. The monoisotopic (exact) mass is 207 g/mol. The van der Waals surface area contributed by atoms with Gasteiger partial charge in [-0.15, -0.1) is 0 Å². The molecule has 0 radical (unpaired) electrons. The first kappa shape index (κ1) is 10.4. The highest BCUT2D eigenvalue weighted by Gasteiger charge is 2.12. The van der Waals surface area contributed by atoms with Gasteiger partial charge in [0, 0.05) is 11.1 Å². The van der Waals surface area contributed by atoms with Crippen molar-refractivity contribution in [2.24, 2.45) is 0 Å². The van der Waals surface area contributed by atoms with E-state index in [4.69, 9.17) is 16.9 Å². The zero-order valence-electron chi connectivity index (χ0n) is 7.37. The van der Waals surface area contributed by atoms with E-state index < -0.39 is 5.24 Å². The fourth-order valence-electron chi connectivity index (χ4n) is 1.18. The Balaban J connectivity index is 3.53. The number of carbonyl (C=O) groups excluding carboxylic acids is 2. The maximum Gasteiger partial charge on any atom is 0.253 e. The second-order valence-electron chi connectivity index (χ2n) is 2.76. The molecule has 0 aliphatic rings. The van der Waals surface area contributed by atoms with Crippen LogP contribution in [0.15, 0.2) is 12.1 Å². The molecule has 0 saturated carbocycles. The van der Waals surface area contributed by atoms with Crippen molar-refractivity contribution in [3.05, 3.63) is 34.4 Å². The Hall–Kier alpha value is -1.66. The molecule has 0 N–H and O–H groups in total. The minimum absolute atomic E-state index is 0.0817. The standard InChI is InChI=1S/C10H6ClNO2/c1-6-2-7(4-12)3-8(10(11)14)9(6)5-13/h2-3,5H,1H3. The van der Waals surface area contributed by atoms with E-state index in [0.717, 1.165) is 0 Å². The van der Waals surface area contributed by atoms with E-state index in [1.807, 2.05) is 6.07 Å². The summed E-state index contributed by atoms with van der Waals surface area (Å²) in [6, 6.07) is 4.73. The van der Waals surface area contributed by atoms with Crippen molar-refractivity contribution in [3.8, 4) is 6.07 Å². The molecular formula is C10H6ClNO2. The number of hydrogen-bond acceptors (Lipinski definition) is 3. The smallest absolute Gasteiger partial charge is 0.253 e. The van der Waals surface area contributed by atoms with Crippen LogP contribution >= 0.6 is 11.6 Å². The Kier molecular flexibility index (Phi) is 3.00. The predicted molar refractivity (Wildman–Crippen MR) is 51.5 cm³/mol. The zero-order valence-corrected chi connectivity index (χ0v) is 8.13. The van der Waals surface area contributed by atoms with E-state index in [1.165, 1.54) is 12.1 Å². The first-order valence-electron chi connectivity index (χ1n) is 3.80. The highest BCUT2D eigenvalue weighted by Crippen LogP contribution is 2.17. The Labute approximate surface area is 85.9 Å². The first-order chi connectivity index (χ1) is 6.60. The second-order valence-corrected chi connectivity index (χ2v) is 3.10. The minimum atomic E-state index is -0.729. The Morgan fingerprint density at radius 3 is 2.64 bits per heavy atom. The quantitative estimate of drug-likeness (QED) is 0.551. The van der Waals surface area contributed by atoms with E-state index in [1.54, 1.807) is 6.92 Å². The van der Waals surface area contributed by atoms with Gasteiger partial charge in [-0.1, -0.05) is 0 Å². The summed E-state index contributed by atoms with van der Waals surface area (Å²) in [7, 11) is 0. The highest BCUT2D eigenvalue weighted by atomic mass is 35.5. The average molecular weight is 208 g/mol. The van der Waals surface area contributed by atoms with Gasteiger partial charge in [0.05, 0.1) is 11.6 Å². The van der Waals surface area contributed by atoms with Crippen LogP contribution < -0.4 is 0 Å². The third-order valence-electron chi connectivity index (χ3n) is 1.85. The highest BCUT2D eigenvalue weighted by molar-refractivity contribution is 6.68. The van der Waals surface area contributed by atoms with E-state index in [0.29, 0.717) is 17.4 Å². The Morgan fingerprint density at radius 1 is 1.57 bits per heavy atom. The number of aldehydes is 1. The van der Waals surface area contributed by atoms with Crippen LogP contribution in [0.3, 0.4) is 0 Å². The maximum atomic E-state index is 10.9. The van der Waals surface area contributed by atoms with Crippen molar-refractivity contribution in [2.75, 3.05) is 0 Å². The summed E-state index contributed by atoms with van der Waals surface area (Å²) in [5.74, 6) is 0. The van der Waals surface area contributed by atoms with Gasteiger partial charge < -0.3 is 0 Å². The van der Waals surface area contributed by atoms with Gasteiger partial charge in [0.15, 0.2) is 6.29 Å². The number of benzene rings is 1. The van der Waals surface area contributed by atoms with Gasteiger partial charge >= 0.3 is 0 Å². The summed E-state index contributed by atoms with van der Waals surface area (Å²) < 4.78 is 0. The van der Waals surface area contributed by atoms with Crippen LogP contribution in [0.2, 0.25) is 0 Å². The molecule has 4 heteroatoms. The van der Waals surface area contributed by atoms with Crippen LogP contribution in [-0.4, -0.2) is 11.5 Å². The summed E-state index contributed by atoms with van der Waals surface area (Å²) in [5, 5.41) is 7.91. The van der Waals surface area contributed by atoms with Crippen molar-refractivity contribution >= 4 is 23.1 Å². The number of rotatable bonds is 2. The van der Waals surface area contributed by atoms with E-state index in [-0.39, 0.29) is 11.1 Å². The molecule has 0 unspecified atom stereocenters. The molecular weight excluding hydrogens is 202 g/mol. The summed E-state index contributed by atoms with van der Waals surface area (Å²) in [5.41, 5.74) is 1.21. The van der Waals surface area contributed by atoms with Gasteiger partial charge in [-0.25, -0.2) is 0 Å². The average Bonchev–Trinajstić information content (AvgIpc) is 2.16. The fraction of sp³-hybridized carbons (Fsp3) is 0.100. The fourth-order valence-corrected chi connectivity index (χ4v) is 1.34. The van der Waals surface area contributed by atoms with E-state index in [2.05, 4.69) is 0 Å². The molecule has 0 spiro atoms. The third-order valence-corrected chi connectivity index (χ3v) is 2.05. The van der Waals surface area contributed by atoms with Crippen LogP contribution in [-0.2, 0) is 0 Å². The van der Waals surface area contributed by atoms with Crippen LogP contribution in [0.4, 0.5) is 0 Å². The molecule has 0 amide bonds. The molecule has 0 atom stereocenters. The zero-order chi connectivity index (χ0) is 10.7. The number of nitriles is 1. The summed E-state index contributed by atoms with van der Waals surface area (Å²) in [6.07, 6.45) is 0.562. The predicted octanol–water partition coefficient (Wildman–Crippen LogP) is 2.06. The largest absolute Gasteiger partial charge is 0.298 e. The molecule has 14 heavy (non-hydrogen) atoms. The molecule has 0 aliphatic carbocycles. The normalized spacial score (nSPS) is 9.21. The van der Waals surface area contributed by atoms with Crippen molar-refractivity contribution in [1.29, 1.82) is 5.26 Å². The molecule has 0 aromatic heterocycles. The Morgan fingerprint density at radius 2 is 2.21 bits per heavy atom. The first-order valence-corrected chi connectivity index (χ1v) is 4.17. The van der Waals surface area contributed by atoms with Crippen molar-refractivity contribution in [1.82, 2.24) is 0 Å². The molecule has 1 rings (SSSR count). The second kappa shape index (κ2) is 4.03. The SMILES string of the molecule is Cc1cc(C#N)cc(C(=O)Cl)c1C=O. The number of carbonyl (C=O) groups is 2. The number of aryl methyl sites for hydroxylation is 1. The number of halogens is 1. The van der Waals surface area contributed by atoms with Crippen LogP contribution in [0.25, 0.3) is 0 Å². The van der Waals surface area contributed by atoms with Gasteiger partial charge in [-0.3, -0.25) is 9.59 Å². The van der Waals surface area contributed by atoms with Crippen LogP contribution in [0, 0.1) is 18.3 Å². The summed E-state index contributed by atoms with van der Waals surface area (Å²) >= 11 is 5.28. The third kappa shape index (κ3) is 1.81. The van der Waals surface area contributed by atoms with Gasteiger partial charge in [-0.2, -0.15) is 5.26 Å². The number of hydrogen-bond donors (Lipinski definition) is 0.